The third-order valence-electron chi connectivity index (χ3n) is 3.36. The Kier molecular flexibility index (Phi) is 4.91. The third-order valence-corrected chi connectivity index (χ3v) is 3.62. The predicted molar refractivity (Wildman–Crippen MR) is 98.9 cm³/mol. The first-order valence-corrected chi connectivity index (χ1v) is 7.75. The fourth-order valence-corrected chi connectivity index (χ4v) is 2.40. The van der Waals surface area contributed by atoms with Gasteiger partial charge in [0.1, 0.15) is 0 Å². The Morgan fingerprint density at radius 2 is 1.88 bits per heavy atom. The lowest BCUT2D eigenvalue weighted by atomic mass is 10.2. The zero-order valence-corrected chi connectivity index (χ0v) is 13.8. The van der Waals surface area contributed by atoms with Crippen molar-refractivity contribution in [3.63, 3.8) is 0 Å². The van der Waals surface area contributed by atoms with Crippen LogP contribution in [0.3, 0.4) is 0 Å². The Morgan fingerprint density at radius 3 is 2.64 bits per heavy atom. The number of hydrogen-bond acceptors (Lipinski definition) is 5. The summed E-state index contributed by atoms with van der Waals surface area (Å²) in [5, 5.41) is 22.1. The van der Waals surface area contributed by atoms with E-state index in [1.807, 2.05) is 30.3 Å². The van der Waals surface area contributed by atoms with Crippen molar-refractivity contribution < 1.29 is 4.92 Å². The number of H-pyrrole nitrogens is 1. The molecule has 2 aromatic carbocycles. The smallest absolute Gasteiger partial charge is 0.258 e. The monoisotopic (exact) mass is 351 g/mol. The minimum atomic E-state index is -0.420. The lowest BCUT2D eigenvalue weighted by Gasteiger charge is -1.99. The zero-order chi connectivity index (χ0) is 17.6. The molecule has 0 spiro atoms. The normalized spacial score (nSPS) is 11.4. The molecule has 0 saturated heterocycles. The lowest BCUT2D eigenvalue weighted by Crippen LogP contribution is -1.93. The molecule has 8 heteroatoms. The van der Waals surface area contributed by atoms with Gasteiger partial charge in [0, 0.05) is 17.8 Å². The summed E-state index contributed by atoms with van der Waals surface area (Å²) >= 11 is 5.19. The summed E-state index contributed by atoms with van der Waals surface area (Å²) in [4.78, 5) is 10.6. The second-order valence-corrected chi connectivity index (χ2v) is 5.36. The largest absolute Gasteiger partial charge is 0.276 e. The molecule has 0 aliphatic heterocycles. The van der Waals surface area contributed by atoms with Crippen molar-refractivity contribution in [2.45, 2.75) is 0 Å². The molecule has 7 nitrogen and oxygen atoms in total. The first-order valence-electron chi connectivity index (χ1n) is 7.34. The highest BCUT2D eigenvalue weighted by atomic mass is 32.1. The number of aromatic nitrogens is 3. The van der Waals surface area contributed by atoms with Crippen LogP contribution < -0.4 is 0 Å². The number of nitro benzene ring substituents is 1. The molecule has 0 unspecified atom stereocenters. The Hall–Kier alpha value is -3.39. The average molecular weight is 351 g/mol. The Balaban J connectivity index is 1.86. The van der Waals surface area contributed by atoms with Crippen LogP contribution in [-0.4, -0.2) is 26.0 Å². The van der Waals surface area contributed by atoms with Crippen LogP contribution in [0.4, 0.5) is 5.69 Å². The fraction of sp³-hybridized carbons (Fsp3) is 0. The molecule has 3 rings (SSSR count). The van der Waals surface area contributed by atoms with Gasteiger partial charge in [-0.15, -0.1) is 0 Å². The average Bonchev–Trinajstić information content (AvgIpc) is 3.00. The Bertz CT molecular complexity index is 1010. The summed E-state index contributed by atoms with van der Waals surface area (Å²) < 4.78 is 1.85. The molecule has 0 bridgehead atoms. The third kappa shape index (κ3) is 3.75. The summed E-state index contributed by atoms with van der Waals surface area (Å²) in [6, 6.07) is 16.0. The van der Waals surface area contributed by atoms with E-state index in [1.165, 1.54) is 17.0 Å². The number of para-hydroxylation sites is 1. The van der Waals surface area contributed by atoms with Crippen LogP contribution in [-0.2, 0) is 0 Å². The van der Waals surface area contributed by atoms with Gasteiger partial charge < -0.3 is 0 Å². The van der Waals surface area contributed by atoms with Crippen molar-refractivity contribution in [2.75, 3.05) is 0 Å². The standard InChI is InChI=1S/C17H13N5O2S/c23-22(24)15-11-5-4-7-13(15)10-6-12-18-21-16(19-20-17(21)25)14-8-2-1-3-9-14/h1-12H,(H,20,25)/b10-6+,18-12?. The maximum Gasteiger partial charge on any atom is 0.276 e. The van der Waals surface area contributed by atoms with Crippen LogP contribution in [0.5, 0.6) is 0 Å². The molecule has 0 atom stereocenters. The van der Waals surface area contributed by atoms with Crippen molar-refractivity contribution in [1.82, 2.24) is 14.9 Å². The molecule has 124 valence electrons. The summed E-state index contributed by atoms with van der Waals surface area (Å²) in [7, 11) is 0. The molecule has 0 fully saturated rings. The molecule has 0 amide bonds. The van der Waals surface area contributed by atoms with E-state index >= 15 is 0 Å². The van der Waals surface area contributed by atoms with Crippen LogP contribution in [0.1, 0.15) is 5.56 Å². The number of nitrogens with one attached hydrogen (secondary N) is 1. The molecule has 0 saturated carbocycles. The number of benzene rings is 2. The molecule has 1 N–H and O–H groups in total. The topological polar surface area (TPSA) is 89.1 Å². The Morgan fingerprint density at radius 1 is 1.16 bits per heavy atom. The first-order chi connectivity index (χ1) is 12.2. The first kappa shape index (κ1) is 16.5. The number of aromatic amines is 1. The minimum absolute atomic E-state index is 0.0389. The predicted octanol–water partition coefficient (Wildman–Crippen LogP) is 4.06. The molecule has 1 aromatic heterocycles. The summed E-state index contributed by atoms with van der Waals surface area (Å²) in [5.74, 6) is 0.584. The number of nitrogens with zero attached hydrogens (tertiary/aromatic N) is 4. The SMILES string of the molecule is O=[N+]([O-])c1ccccc1/C=C/C=Nn1c(-c2ccccc2)n[nH]c1=S. The van der Waals surface area contributed by atoms with Crippen LogP contribution in [0.25, 0.3) is 17.5 Å². The van der Waals surface area contributed by atoms with E-state index in [9.17, 15) is 10.1 Å². The van der Waals surface area contributed by atoms with Gasteiger partial charge in [-0.2, -0.15) is 14.9 Å². The van der Waals surface area contributed by atoms with E-state index in [0.29, 0.717) is 16.2 Å². The van der Waals surface area contributed by atoms with Crippen molar-refractivity contribution in [3.05, 3.63) is 81.1 Å². The quantitative estimate of drug-likeness (QED) is 0.325. The lowest BCUT2D eigenvalue weighted by molar-refractivity contribution is -0.385. The number of nitro groups is 1. The van der Waals surface area contributed by atoms with E-state index in [2.05, 4.69) is 15.3 Å². The molecule has 1 heterocycles. The summed E-state index contributed by atoms with van der Waals surface area (Å²) in [5.41, 5.74) is 1.41. The molecule has 3 aromatic rings. The maximum absolute atomic E-state index is 11.0. The highest BCUT2D eigenvalue weighted by molar-refractivity contribution is 7.71. The summed E-state index contributed by atoms with van der Waals surface area (Å²) in [6.07, 6.45) is 4.74. The number of allylic oxidation sites excluding steroid dienone is 1. The van der Waals surface area contributed by atoms with Crippen molar-refractivity contribution in [3.8, 4) is 11.4 Å². The maximum atomic E-state index is 11.0. The van der Waals surface area contributed by atoms with Gasteiger partial charge >= 0.3 is 0 Å². The summed E-state index contributed by atoms with van der Waals surface area (Å²) in [6.45, 7) is 0. The van der Waals surface area contributed by atoms with Crippen LogP contribution in [0.2, 0.25) is 0 Å². The molecule has 0 aliphatic carbocycles. The minimum Gasteiger partial charge on any atom is -0.258 e. The van der Waals surface area contributed by atoms with Crippen LogP contribution in [0, 0.1) is 14.9 Å². The van der Waals surface area contributed by atoms with Gasteiger partial charge in [-0.3, -0.25) is 10.1 Å². The van der Waals surface area contributed by atoms with E-state index in [0.717, 1.165) is 5.56 Å². The van der Waals surface area contributed by atoms with Gasteiger partial charge in [-0.1, -0.05) is 42.5 Å². The van der Waals surface area contributed by atoms with Gasteiger partial charge in [0.05, 0.1) is 10.5 Å². The fourth-order valence-electron chi connectivity index (χ4n) is 2.22. The van der Waals surface area contributed by atoms with Gasteiger partial charge in [0.2, 0.25) is 4.77 Å². The zero-order valence-electron chi connectivity index (χ0n) is 12.9. The van der Waals surface area contributed by atoms with Gasteiger partial charge in [-0.05, 0) is 30.4 Å². The molecular weight excluding hydrogens is 338 g/mol. The van der Waals surface area contributed by atoms with Crippen molar-refractivity contribution in [2.24, 2.45) is 5.10 Å². The van der Waals surface area contributed by atoms with E-state index < -0.39 is 4.92 Å². The van der Waals surface area contributed by atoms with E-state index in [4.69, 9.17) is 12.2 Å². The molecule has 0 radical (unpaired) electrons. The van der Waals surface area contributed by atoms with Crippen molar-refractivity contribution in [1.29, 1.82) is 0 Å². The van der Waals surface area contributed by atoms with Crippen molar-refractivity contribution >= 4 is 30.2 Å². The van der Waals surface area contributed by atoms with Gasteiger partial charge in [0.15, 0.2) is 5.82 Å². The second-order valence-electron chi connectivity index (χ2n) is 4.97. The number of hydrogen-bond donors (Lipinski definition) is 1. The number of rotatable bonds is 5. The molecule has 0 aliphatic rings. The van der Waals surface area contributed by atoms with Crippen LogP contribution >= 0.6 is 12.2 Å². The van der Waals surface area contributed by atoms with Gasteiger partial charge in [-0.25, -0.2) is 5.10 Å². The molecular formula is C17H13N5O2S. The Labute approximate surface area is 148 Å². The van der Waals surface area contributed by atoms with E-state index in [-0.39, 0.29) is 5.69 Å². The highest BCUT2D eigenvalue weighted by Gasteiger charge is 2.09. The van der Waals surface area contributed by atoms with Gasteiger partial charge in [0.25, 0.3) is 5.69 Å². The van der Waals surface area contributed by atoms with Crippen LogP contribution in [0.15, 0.2) is 65.8 Å². The van der Waals surface area contributed by atoms with E-state index in [1.54, 1.807) is 30.4 Å². The highest BCUT2D eigenvalue weighted by Crippen LogP contribution is 2.19. The second kappa shape index (κ2) is 7.45. The molecule has 25 heavy (non-hydrogen) atoms.